The number of amides is 1. The van der Waals surface area contributed by atoms with Gasteiger partial charge < -0.3 is 14.7 Å². The average molecular weight is 187 g/mol. The lowest BCUT2D eigenvalue weighted by Crippen LogP contribution is -2.39. The van der Waals surface area contributed by atoms with Gasteiger partial charge in [-0.25, -0.2) is 4.79 Å². The molecule has 5 heteroatoms. The van der Waals surface area contributed by atoms with Crippen LogP contribution in [0.3, 0.4) is 0 Å². The molecule has 1 rings (SSSR count). The SMILES string of the molecule is COC(=O)C1CC(O)CN1C(C)=O. The van der Waals surface area contributed by atoms with Crippen LogP contribution in [-0.2, 0) is 14.3 Å². The van der Waals surface area contributed by atoms with Gasteiger partial charge in [0, 0.05) is 19.9 Å². The van der Waals surface area contributed by atoms with Crippen molar-refractivity contribution in [1.29, 1.82) is 0 Å². The summed E-state index contributed by atoms with van der Waals surface area (Å²) in [6.07, 6.45) is -0.347. The Morgan fingerprint density at radius 3 is 2.62 bits per heavy atom. The van der Waals surface area contributed by atoms with Crippen LogP contribution in [0.15, 0.2) is 0 Å². The summed E-state index contributed by atoms with van der Waals surface area (Å²) in [5, 5.41) is 9.26. The number of ether oxygens (including phenoxy) is 1. The molecule has 74 valence electrons. The van der Waals surface area contributed by atoms with Gasteiger partial charge in [0.2, 0.25) is 5.91 Å². The minimum atomic E-state index is -0.618. The maximum absolute atomic E-state index is 11.1. The highest BCUT2D eigenvalue weighted by molar-refractivity contribution is 5.84. The quantitative estimate of drug-likeness (QED) is 0.542. The second-order valence-electron chi connectivity index (χ2n) is 3.10. The Kier molecular flexibility index (Phi) is 2.87. The second-order valence-corrected chi connectivity index (χ2v) is 3.10. The predicted octanol–water partition coefficient (Wildman–Crippen LogP) is -0.859. The molecule has 5 nitrogen and oxygen atoms in total. The molecule has 0 spiro atoms. The molecule has 1 heterocycles. The molecule has 0 aromatic carbocycles. The van der Waals surface area contributed by atoms with Gasteiger partial charge >= 0.3 is 5.97 Å². The van der Waals surface area contributed by atoms with Crippen molar-refractivity contribution in [1.82, 2.24) is 4.90 Å². The standard InChI is InChI=1S/C8H13NO4/c1-5(10)9-4-6(11)3-7(9)8(12)13-2/h6-7,11H,3-4H2,1-2H3. The van der Waals surface area contributed by atoms with E-state index in [1.807, 2.05) is 0 Å². The van der Waals surface area contributed by atoms with Crippen molar-refractivity contribution < 1.29 is 19.4 Å². The fourth-order valence-corrected chi connectivity index (χ4v) is 1.52. The number of carbonyl (C=O) groups excluding carboxylic acids is 2. The number of β-amino-alcohol motifs (C(OH)–C–C–N with tert-alkyl or cyclic N) is 1. The lowest BCUT2D eigenvalue weighted by molar-refractivity contribution is -0.150. The van der Waals surface area contributed by atoms with Crippen LogP contribution < -0.4 is 0 Å². The van der Waals surface area contributed by atoms with Crippen LogP contribution in [0.5, 0.6) is 0 Å². The van der Waals surface area contributed by atoms with Crippen LogP contribution in [0, 0.1) is 0 Å². The Bertz CT molecular complexity index is 228. The minimum Gasteiger partial charge on any atom is -0.467 e. The highest BCUT2D eigenvalue weighted by Gasteiger charge is 2.37. The third-order valence-corrected chi connectivity index (χ3v) is 2.16. The number of esters is 1. The molecule has 1 fully saturated rings. The molecule has 1 N–H and O–H groups in total. The molecule has 0 aromatic rings. The lowest BCUT2D eigenvalue weighted by atomic mass is 10.2. The van der Waals surface area contributed by atoms with Gasteiger partial charge in [-0.2, -0.15) is 0 Å². The molecule has 1 saturated heterocycles. The normalized spacial score (nSPS) is 27.5. The van der Waals surface area contributed by atoms with E-state index in [1.165, 1.54) is 18.9 Å². The van der Waals surface area contributed by atoms with E-state index in [0.717, 1.165) is 0 Å². The van der Waals surface area contributed by atoms with Crippen molar-refractivity contribution in [2.45, 2.75) is 25.5 Å². The lowest BCUT2D eigenvalue weighted by Gasteiger charge is -2.20. The Balaban J connectivity index is 2.71. The highest BCUT2D eigenvalue weighted by Crippen LogP contribution is 2.18. The monoisotopic (exact) mass is 187 g/mol. The number of hydrogen-bond donors (Lipinski definition) is 1. The summed E-state index contributed by atoms with van der Waals surface area (Å²) in [4.78, 5) is 23.5. The van der Waals surface area contributed by atoms with Crippen molar-refractivity contribution in [3.63, 3.8) is 0 Å². The summed E-state index contributed by atoms with van der Waals surface area (Å²) in [7, 11) is 1.27. The number of methoxy groups -OCH3 is 1. The van der Waals surface area contributed by atoms with E-state index in [-0.39, 0.29) is 18.9 Å². The van der Waals surface area contributed by atoms with Gasteiger partial charge in [-0.15, -0.1) is 0 Å². The van der Waals surface area contributed by atoms with Gasteiger partial charge in [-0.3, -0.25) is 4.79 Å². The number of hydrogen-bond acceptors (Lipinski definition) is 4. The zero-order valence-corrected chi connectivity index (χ0v) is 7.69. The summed E-state index contributed by atoms with van der Waals surface area (Å²) in [6.45, 7) is 1.59. The van der Waals surface area contributed by atoms with Gasteiger partial charge in [0.1, 0.15) is 6.04 Å². The van der Waals surface area contributed by atoms with Crippen molar-refractivity contribution in [2.75, 3.05) is 13.7 Å². The molecular formula is C8H13NO4. The summed E-state index contributed by atoms with van der Waals surface area (Å²) >= 11 is 0. The van der Waals surface area contributed by atoms with Crippen molar-refractivity contribution in [3.05, 3.63) is 0 Å². The molecule has 1 amide bonds. The number of nitrogens with zero attached hydrogens (tertiary/aromatic N) is 1. The number of likely N-dealkylation sites (tertiary alicyclic amines) is 1. The fourth-order valence-electron chi connectivity index (χ4n) is 1.52. The van der Waals surface area contributed by atoms with Crippen LogP contribution in [-0.4, -0.2) is 47.7 Å². The van der Waals surface area contributed by atoms with Crippen LogP contribution in [0.2, 0.25) is 0 Å². The first kappa shape index (κ1) is 9.98. The first-order chi connectivity index (χ1) is 6.06. The molecule has 0 radical (unpaired) electrons. The van der Waals surface area contributed by atoms with E-state index >= 15 is 0 Å². The summed E-state index contributed by atoms with van der Waals surface area (Å²) in [6, 6.07) is -0.613. The summed E-state index contributed by atoms with van der Waals surface area (Å²) in [5.74, 6) is -0.682. The first-order valence-corrected chi connectivity index (χ1v) is 4.09. The third kappa shape index (κ3) is 1.98. The first-order valence-electron chi connectivity index (χ1n) is 4.09. The highest BCUT2D eigenvalue weighted by atomic mass is 16.5. The number of carbonyl (C=O) groups is 2. The number of aliphatic hydroxyl groups excluding tert-OH is 1. The Morgan fingerprint density at radius 1 is 1.54 bits per heavy atom. The van der Waals surface area contributed by atoms with Gasteiger partial charge in [-0.1, -0.05) is 0 Å². The third-order valence-electron chi connectivity index (χ3n) is 2.16. The number of aliphatic hydroxyl groups is 1. The second kappa shape index (κ2) is 3.74. The topological polar surface area (TPSA) is 66.8 Å². The summed E-state index contributed by atoms with van der Waals surface area (Å²) in [5.41, 5.74) is 0. The molecule has 1 aliphatic heterocycles. The molecule has 0 aromatic heterocycles. The van der Waals surface area contributed by atoms with E-state index in [2.05, 4.69) is 4.74 Å². The van der Waals surface area contributed by atoms with E-state index in [1.54, 1.807) is 0 Å². The molecule has 1 aliphatic rings. The van der Waals surface area contributed by atoms with E-state index in [9.17, 15) is 14.7 Å². The van der Waals surface area contributed by atoms with Gasteiger partial charge in [0.25, 0.3) is 0 Å². The zero-order valence-electron chi connectivity index (χ0n) is 7.69. The zero-order chi connectivity index (χ0) is 10.0. The Morgan fingerprint density at radius 2 is 2.15 bits per heavy atom. The molecule has 2 unspecified atom stereocenters. The van der Waals surface area contributed by atoms with Crippen LogP contribution in [0.25, 0.3) is 0 Å². The van der Waals surface area contributed by atoms with Crippen LogP contribution >= 0.6 is 0 Å². The van der Waals surface area contributed by atoms with Crippen LogP contribution in [0.1, 0.15) is 13.3 Å². The molecule has 13 heavy (non-hydrogen) atoms. The van der Waals surface area contributed by atoms with Crippen molar-refractivity contribution >= 4 is 11.9 Å². The van der Waals surface area contributed by atoms with Crippen molar-refractivity contribution in [3.8, 4) is 0 Å². The predicted molar refractivity (Wildman–Crippen MR) is 43.8 cm³/mol. The fraction of sp³-hybridized carbons (Fsp3) is 0.750. The molecule has 0 bridgehead atoms. The minimum absolute atomic E-state index is 0.216. The number of rotatable bonds is 1. The molecule has 0 aliphatic carbocycles. The average Bonchev–Trinajstić information content (AvgIpc) is 2.46. The summed E-state index contributed by atoms with van der Waals surface area (Å²) < 4.78 is 4.52. The molecule has 0 saturated carbocycles. The molecular weight excluding hydrogens is 174 g/mol. The maximum Gasteiger partial charge on any atom is 0.328 e. The smallest absolute Gasteiger partial charge is 0.328 e. The van der Waals surface area contributed by atoms with Crippen molar-refractivity contribution in [2.24, 2.45) is 0 Å². The molecule has 2 atom stereocenters. The van der Waals surface area contributed by atoms with Crippen LogP contribution in [0.4, 0.5) is 0 Å². The Hall–Kier alpha value is -1.10. The van der Waals surface area contributed by atoms with E-state index in [4.69, 9.17) is 0 Å². The van der Waals surface area contributed by atoms with Gasteiger partial charge in [0.05, 0.1) is 13.2 Å². The van der Waals surface area contributed by atoms with Gasteiger partial charge in [-0.05, 0) is 0 Å². The van der Waals surface area contributed by atoms with Gasteiger partial charge in [0.15, 0.2) is 0 Å². The van der Waals surface area contributed by atoms with E-state index < -0.39 is 18.1 Å². The van der Waals surface area contributed by atoms with E-state index in [0.29, 0.717) is 0 Å². The largest absolute Gasteiger partial charge is 0.467 e. The Labute approximate surface area is 76.3 Å². The maximum atomic E-state index is 11.1.